The summed E-state index contributed by atoms with van der Waals surface area (Å²) in [7, 11) is 0. The molecule has 4 nitrogen and oxygen atoms in total. The molecule has 5 heteroatoms. The van der Waals surface area contributed by atoms with E-state index >= 15 is 0 Å². The van der Waals surface area contributed by atoms with E-state index in [0.717, 1.165) is 29.7 Å². The first-order chi connectivity index (χ1) is 9.11. The first kappa shape index (κ1) is 13.6. The van der Waals surface area contributed by atoms with E-state index in [-0.39, 0.29) is 0 Å². The second kappa shape index (κ2) is 5.89. The molecular formula is C14H16ClN3O. The number of aryl methyl sites for hydroxylation is 1. The summed E-state index contributed by atoms with van der Waals surface area (Å²) in [5, 5.41) is 0.681. The minimum atomic E-state index is 0.471. The summed E-state index contributed by atoms with van der Waals surface area (Å²) in [4.78, 5) is 8.17. The van der Waals surface area contributed by atoms with Gasteiger partial charge in [-0.2, -0.15) is 0 Å². The smallest absolute Gasteiger partial charge is 0.227 e. The summed E-state index contributed by atoms with van der Waals surface area (Å²) < 4.78 is 5.84. The van der Waals surface area contributed by atoms with Crippen molar-refractivity contribution in [3.63, 3.8) is 0 Å². The van der Waals surface area contributed by atoms with E-state index in [0.29, 0.717) is 16.7 Å². The molecule has 0 aliphatic carbocycles. The molecule has 0 spiro atoms. The Morgan fingerprint density at radius 2 is 2.11 bits per heavy atom. The molecule has 1 aromatic heterocycles. The molecule has 0 unspecified atom stereocenters. The zero-order valence-electron chi connectivity index (χ0n) is 11.0. The van der Waals surface area contributed by atoms with Crippen molar-refractivity contribution >= 4 is 17.4 Å². The Bertz CT molecular complexity index is 587. The fraction of sp³-hybridized carbons (Fsp3) is 0.286. The van der Waals surface area contributed by atoms with Crippen LogP contribution in [0.15, 0.2) is 24.5 Å². The van der Waals surface area contributed by atoms with Crippen LogP contribution < -0.4 is 10.5 Å². The number of anilines is 1. The summed E-state index contributed by atoms with van der Waals surface area (Å²) >= 11 is 5.92. The van der Waals surface area contributed by atoms with Gasteiger partial charge in [-0.1, -0.05) is 24.9 Å². The highest BCUT2D eigenvalue weighted by Crippen LogP contribution is 2.30. The molecule has 2 rings (SSSR count). The van der Waals surface area contributed by atoms with Crippen molar-refractivity contribution in [1.82, 2.24) is 9.97 Å². The van der Waals surface area contributed by atoms with Gasteiger partial charge >= 0.3 is 0 Å². The van der Waals surface area contributed by atoms with Gasteiger partial charge in [-0.25, -0.2) is 9.97 Å². The molecule has 0 aliphatic heterocycles. The van der Waals surface area contributed by atoms with Gasteiger partial charge < -0.3 is 10.5 Å². The predicted molar refractivity (Wildman–Crippen MR) is 76.7 cm³/mol. The normalized spacial score (nSPS) is 10.5. The minimum absolute atomic E-state index is 0.471. The first-order valence-electron chi connectivity index (χ1n) is 6.15. The van der Waals surface area contributed by atoms with E-state index in [1.807, 2.05) is 19.1 Å². The van der Waals surface area contributed by atoms with Crippen LogP contribution in [0.25, 0.3) is 0 Å². The fourth-order valence-electron chi connectivity index (χ4n) is 1.81. The van der Waals surface area contributed by atoms with Gasteiger partial charge in [0, 0.05) is 5.02 Å². The van der Waals surface area contributed by atoms with Crippen molar-refractivity contribution in [1.29, 1.82) is 0 Å². The maximum Gasteiger partial charge on any atom is 0.227 e. The van der Waals surface area contributed by atoms with E-state index < -0.39 is 0 Å². The van der Waals surface area contributed by atoms with Crippen LogP contribution >= 0.6 is 11.6 Å². The number of nitrogens with zero attached hydrogens (tertiary/aromatic N) is 2. The van der Waals surface area contributed by atoms with Gasteiger partial charge in [-0.05, 0) is 37.1 Å². The van der Waals surface area contributed by atoms with Gasteiger partial charge in [0.2, 0.25) is 5.88 Å². The predicted octanol–water partition coefficient (Wildman–Crippen LogP) is 3.77. The SMILES string of the molecule is CCCc1c(N)ncnc1Oc1ccc(Cl)cc1C. The second-order valence-corrected chi connectivity index (χ2v) is 4.74. The number of halogens is 1. The Balaban J connectivity index is 2.35. The molecule has 19 heavy (non-hydrogen) atoms. The number of rotatable bonds is 4. The van der Waals surface area contributed by atoms with Crippen LogP contribution in [0.5, 0.6) is 11.6 Å². The fourth-order valence-corrected chi connectivity index (χ4v) is 2.04. The molecule has 2 aromatic rings. The lowest BCUT2D eigenvalue weighted by Gasteiger charge is -2.12. The highest BCUT2D eigenvalue weighted by molar-refractivity contribution is 6.30. The average molecular weight is 278 g/mol. The minimum Gasteiger partial charge on any atom is -0.438 e. The monoisotopic (exact) mass is 277 g/mol. The third-order valence-electron chi connectivity index (χ3n) is 2.78. The van der Waals surface area contributed by atoms with Crippen LogP contribution in [0.3, 0.4) is 0 Å². The molecule has 0 fully saturated rings. The highest BCUT2D eigenvalue weighted by atomic mass is 35.5. The van der Waals surface area contributed by atoms with Crippen molar-refractivity contribution in [2.75, 3.05) is 5.73 Å². The maximum absolute atomic E-state index is 5.92. The summed E-state index contributed by atoms with van der Waals surface area (Å²) in [6.45, 7) is 4.01. The number of hydrogen-bond acceptors (Lipinski definition) is 4. The van der Waals surface area contributed by atoms with E-state index in [2.05, 4.69) is 16.9 Å². The Morgan fingerprint density at radius 3 is 2.79 bits per heavy atom. The van der Waals surface area contributed by atoms with Crippen LogP contribution in [-0.2, 0) is 6.42 Å². The van der Waals surface area contributed by atoms with Crippen LogP contribution in [0.2, 0.25) is 5.02 Å². The van der Waals surface area contributed by atoms with E-state index in [1.165, 1.54) is 6.33 Å². The lowest BCUT2D eigenvalue weighted by atomic mass is 10.1. The van der Waals surface area contributed by atoms with Crippen molar-refractivity contribution in [2.24, 2.45) is 0 Å². The van der Waals surface area contributed by atoms with E-state index in [1.54, 1.807) is 6.07 Å². The third-order valence-corrected chi connectivity index (χ3v) is 3.02. The van der Waals surface area contributed by atoms with E-state index in [4.69, 9.17) is 22.1 Å². The van der Waals surface area contributed by atoms with Gasteiger partial charge in [0.05, 0.1) is 5.56 Å². The van der Waals surface area contributed by atoms with Gasteiger partial charge in [-0.15, -0.1) is 0 Å². The molecule has 0 aliphatic rings. The van der Waals surface area contributed by atoms with Crippen molar-refractivity contribution in [2.45, 2.75) is 26.7 Å². The largest absolute Gasteiger partial charge is 0.438 e. The Kier molecular flexibility index (Phi) is 4.22. The molecule has 0 saturated heterocycles. The summed E-state index contributed by atoms with van der Waals surface area (Å²) in [5.74, 6) is 1.71. The standard InChI is InChI=1S/C14H16ClN3O/c1-3-4-11-13(16)17-8-18-14(11)19-12-6-5-10(15)7-9(12)2/h5-8H,3-4H2,1-2H3,(H2,16,17,18). The van der Waals surface area contributed by atoms with Gasteiger partial charge in [0.1, 0.15) is 17.9 Å². The van der Waals surface area contributed by atoms with Crippen molar-refractivity contribution < 1.29 is 4.74 Å². The van der Waals surface area contributed by atoms with E-state index in [9.17, 15) is 0 Å². The molecule has 1 heterocycles. The van der Waals surface area contributed by atoms with Crippen LogP contribution in [0.4, 0.5) is 5.82 Å². The zero-order chi connectivity index (χ0) is 13.8. The molecule has 0 bridgehead atoms. The molecule has 0 amide bonds. The molecule has 2 N–H and O–H groups in total. The van der Waals surface area contributed by atoms with Gasteiger partial charge in [0.15, 0.2) is 0 Å². The molecule has 0 radical (unpaired) electrons. The number of hydrogen-bond donors (Lipinski definition) is 1. The molecular weight excluding hydrogens is 262 g/mol. The lowest BCUT2D eigenvalue weighted by molar-refractivity contribution is 0.451. The summed E-state index contributed by atoms with van der Waals surface area (Å²) in [5.41, 5.74) is 7.67. The Morgan fingerprint density at radius 1 is 1.32 bits per heavy atom. The molecule has 0 saturated carbocycles. The number of nitrogens with two attached hydrogens (primary N) is 1. The van der Waals surface area contributed by atoms with Crippen molar-refractivity contribution in [3.8, 4) is 11.6 Å². The zero-order valence-corrected chi connectivity index (χ0v) is 11.7. The van der Waals surface area contributed by atoms with Gasteiger partial charge in [0.25, 0.3) is 0 Å². The third kappa shape index (κ3) is 3.15. The van der Waals surface area contributed by atoms with Gasteiger partial charge in [-0.3, -0.25) is 0 Å². The number of aromatic nitrogens is 2. The van der Waals surface area contributed by atoms with Crippen LogP contribution in [0, 0.1) is 6.92 Å². The maximum atomic E-state index is 5.92. The summed E-state index contributed by atoms with van der Waals surface area (Å²) in [6.07, 6.45) is 3.15. The first-order valence-corrected chi connectivity index (χ1v) is 6.53. The number of nitrogen functional groups attached to an aromatic ring is 1. The molecule has 100 valence electrons. The summed E-state index contributed by atoms with van der Waals surface area (Å²) in [6, 6.07) is 5.46. The number of ether oxygens (including phenoxy) is 1. The Labute approximate surface area is 117 Å². The highest BCUT2D eigenvalue weighted by Gasteiger charge is 2.11. The quantitative estimate of drug-likeness (QED) is 0.924. The second-order valence-electron chi connectivity index (χ2n) is 4.30. The average Bonchev–Trinajstić information content (AvgIpc) is 2.37. The number of benzene rings is 1. The van der Waals surface area contributed by atoms with Crippen molar-refractivity contribution in [3.05, 3.63) is 40.7 Å². The topological polar surface area (TPSA) is 61.0 Å². The molecule has 1 aromatic carbocycles. The molecule has 0 atom stereocenters. The lowest BCUT2D eigenvalue weighted by Crippen LogP contribution is -2.03. The van der Waals surface area contributed by atoms with Crippen LogP contribution in [0.1, 0.15) is 24.5 Å². The Hall–Kier alpha value is -1.81. The van der Waals surface area contributed by atoms with Crippen LogP contribution in [-0.4, -0.2) is 9.97 Å².